The first-order chi connectivity index (χ1) is 11.1. The van der Waals surface area contributed by atoms with Crippen LogP contribution in [-0.2, 0) is 0 Å². The second kappa shape index (κ2) is 5.99. The van der Waals surface area contributed by atoms with Crippen LogP contribution in [-0.4, -0.2) is 21.6 Å². The van der Waals surface area contributed by atoms with E-state index in [9.17, 15) is 13.2 Å². The molecule has 2 heterocycles. The van der Waals surface area contributed by atoms with Gasteiger partial charge in [-0.05, 0) is 12.1 Å². The topological polar surface area (TPSA) is 66.0 Å². The predicted molar refractivity (Wildman–Crippen MR) is 77.7 cm³/mol. The molecular formula is C15H11F3N4O. The van der Waals surface area contributed by atoms with Crippen molar-refractivity contribution in [2.24, 2.45) is 0 Å². The molecule has 23 heavy (non-hydrogen) atoms. The molecule has 2 N–H and O–H groups in total. The number of halogens is 3. The lowest BCUT2D eigenvalue weighted by Crippen LogP contribution is -2.01. The quantitative estimate of drug-likeness (QED) is 0.802. The minimum absolute atomic E-state index is 0.0196. The van der Waals surface area contributed by atoms with Gasteiger partial charge in [0.1, 0.15) is 23.2 Å². The number of nitrogen functional groups attached to an aromatic ring is 1. The number of hydrogen-bond donors (Lipinski definition) is 1. The van der Waals surface area contributed by atoms with Gasteiger partial charge < -0.3 is 10.5 Å². The van der Waals surface area contributed by atoms with Gasteiger partial charge in [-0.25, -0.2) is 17.9 Å². The lowest BCUT2D eigenvalue weighted by atomic mass is 10.1. The summed E-state index contributed by atoms with van der Waals surface area (Å²) in [6.07, 6.45) is 2.43. The molecule has 0 unspecified atom stereocenters. The highest BCUT2D eigenvalue weighted by molar-refractivity contribution is 5.66. The average Bonchev–Trinajstić information content (AvgIpc) is 2.89. The van der Waals surface area contributed by atoms with Gasteiger partial charge in [0.15, 0.2) is 0 Å². The molecule has 0 spiro atoms. The number of anilines is 1. The smallest absolute Gasteiger partial charge is 0.228 e. The van der Waals surface area contributed by atoms with E-state index in [-0.39, 0.29) is 11.6 Å². The van der Waals surface area contributed by atoms with Crippen LogP contribution < -0.4 is 10.5 Å². The molecular weight excluding hydrogens is 309 g/mol. The van der Waals surface area contributed by atoms with Crippen molar-refractivity contribution in [3.05, 3.63) is 54.4 Å². The average molecular weight is 320 g/mol. The van der Waals surface area contributed by atoms with E-state index in [0.717, 1.165) is 12.3 Å². The molecule has 2 aromatic heterocycles. The molecule has 0 saturated heterocycles. The highest BCUT2D eigenvalue weighted by atomic mass is 19.1. The molecule has 0 fully saturated rings. The van der Waals surface area contributed by atoms with E-state index in [2.05, 4.69) is 14.8 Å². The van der Waals surface area contributed by atoms with Gasteiger partial charge in [-0.15, -0.1) is 0 Å². The lowest BCUT2D eigenvalue weighted by molar-refractivity contribution is 0.191. The highest BCUT2D eigenvalue weighted by Crippen LogP contribution is 2.29. The fourth-order valence-corrected chi connectivity index (χ4v) is 2.18. The Kier molecular flexibility index (Phi) is 3.88. The van der Waals surface area contributed by atoms with Crippen molar-refractivity contribution in [2.45, 2.75) is 0 Å². The molecule has 0 bridgehead atoms. The monoisotopic (exact) mass is 320 g/mol. The number of alkyl halides is 1. The fraction of sp³-hybridized carbons (Fsp3) is 0.0667. The number of pyridine rings is 1. The summed E-state index contributed by atoms with van der Waals surface area (Å²) in [4.78, 5) is 3.74. The summed E-state index contributed by atoms with van der Waals surface area (Å²) in [6.45, 7) is -1.09. The van der Waals surface area contributed by atoms with Gasteiger partial charge in [0.05, 0.1) is 23.8 Å². The van der Waals surface area contributed by atoms with Crippen LogP contribution >= 0.6 is 0 Å². The molecule has 0 aliphatic rings. The van der Waals surface area contributed by atoms with Gasteiger partial charge in [-0.1, -0.05) is 0 Å². The summed E-state index contributed by atoms with van der Waals surface area (Å²) < 4.78 is 45.4. The molecule has 5 nitrogen and oxygen atoms in total. The lowest BCUT2D eigenvalue weighted by Gasteiger charge is -2.09. The van der Waals surface area contributed by atoms with Crippen molar-refractivity contribution in [1.29, 1.82) is 0 Å². The van der Waals surface area contributed by atoms with Gasteiger partial charge in [-0.2, -0.15) is 5.10 Å². The van der Waals surface area contributed by atoms with Crippen molar-refractivity contribution in [3.63, 3.8) is 0 Å². The Bertz CT molecular complexity index is 850. The number of nitrogens with two attached hydrogens (primary N) is 1. The third kappa shape index (κ3) is 3.10. The number of hydrogen-bond acceptors (Lipinski definition) is 4. The van der Waals surface area contributed by atoms with Crippen LogP contribution in [0, 0.1) is 11.6 Å². The largest absolute Gasteiger partial charge is 0.463 e. The zero-order valence-corrected chi connectivity index (χ0v) is 11.7. The molecule has 3 aromatic rings. The maximum Gasteiger partial charge on any atom is 0.228 e. The Balaban J connectivity index is 2.14. The minimum atomic E-state index is -1.09. The van der Waals surface area contributed by atoms with Crippen molar-refractivity contribution in [2.75, 3.05) is 12.6 Å². The Morgan fingerprint density at radius 2 is 1.87 bits per heavy atom. The maximum atomic E-state index is 13.7. The zero-order chi connectivity index (χ0) is 16.4. The molecule has 118 valence electrons. The summed E-state index contributed by atoms with van der Waals surface area (Å²) in [5.41, 5.74) is 6.75. The van der Waals surface area contributed by atoms with E-state index in [1.165, 1.54) is 35.1 Å². The van der Waals surface area contributed by atoms with Crippen LogP contribution in [0.3, 0.4) is 0 Å². The second-order valence-electron chi connectivity index (χ2n) is 4.66. The van der Waals surface area contributed by atoms with E-state index in [1.54, 1.807) is 0 Å². The Morgan fingerprint density at radius 3 is 2.61 bits per heavy atom. The van der Waals surface area contributed by atoms with Crippen molar-refractivity contribution in [1.82, 2.24) is 14.8 Å². The van der Waals surface area contributed by atoms with Crippen LogP contribution in [0.4, 0.5) is 19.0 Å². The Hall–Kier alpha value is -3.03. The molecule has 0 saturated carbocycles. The molecule has 0 aliphatic carbocycles. The number of ether oxygens (including phenoxy) is 1. The number of rotatable bonds is 4. The second-order valence-corrected chi connectivity index (χ2v) is 4.66. The molecule has 0 radical (unpaired) electrons. The summed E-state index contributed by atoms with van der Waals surface area (Å²) in [6, 6.07) is 6.39. The molecule has 1 aromatic carbocycles. The van der Waals surface area contributed by atoms with E-state index >= 15 is 0 Å². The van der Waals surface area contributed by atoms with E-state index in [4.69, 9.17) is 5.73 Å². The molecule has 0 amide bonds. The Morgan fingerprint density at radius 1 is 1.04 bits per heavy atom. The van der Waals surface area contributed by atoms with Crippen LogP contribution in [0.1, 0.15) is 0 Å². The summed E-state index contributed by atoms with van der Waals surface area (Å²) in [5.74, 6) is -0.995. The van der Waals surface area contributed by atoms with E-state index in [1.807, 2.05) is 0 Å². The van der Waals surface area contributed by atoms with E-state index < -0.39 is 18.5 Å². The minimum Gasteiger partial charge on any atom is -0.463 e. The van der Waals surface area contributed by atoms with Crippen molar-refractivity contribution < 1.29 is 17.9 Å². The van der Waals surface area contributed by atoms with Crippen molar-refractivity contribution in [3.8, 4) is 22.7 Å². The SMILES string of the molecule is Nc1cc(-c2cc(F)cc(OCF)c2)n(-c2cncc(F)c2)n1. The predicted octanol–water partition coefficient (Wildman–Crippen LogP) is 3.10. The molecule has 0 atom stereocenters. The molecule has 0 aliphatic heterocycles. The standard InChI is InChI=1S/C15H11F3N4O/c16-8-23-13-2-9(1-10(17)4-13)14-5-15(19)21-22(14)12-3-11(18)6-20-7-12/h1-7H,8H2,(H2,19,21). The maximum absolute atomic E-state index is 13.7. The van der Waals surface area contributed by atoms with Crippen LogP contribution in [0.2, 0.25) is 0 Å². The van der Waals surface area contributed by atoms with Gasteiger partial charge in [0.2, 0.25) is 6.86 Å². The first kappa shape index (κ1) is 14.9. The van der Waals surface area contributed by atoms with Gasteiger partial charge in [-0.3, -0.25) is 4.98 Å². The number of benzene rings is 1. The first-order valence-electron chi connectivity index (χ1n) is 6.53. The van der Waals surface area contributed by atoms with Gasteiger partial charge in [0, 0.05) is 23.8 Å². The molecule has 8 heteroatoms. The van der Waals surface area contributed by atoms with Crippen LogP contribution in [0.25, 0.3) is 16.9 Å². The van der Waals surface area contributed by atoms with Crippen molar-refractivity contribution >= 4 is 5.82 Å². The summed E-state index contributed by atoms with van der Waals surface area (Å²) in [5, 5.41) is 4.05. The number of aromatic nitrogens is 3. The summed E-state index contributed by atoms with van der Waals surface area (Å²) in [7, 11) is 0. The number of nitrogens with zero attached hydrogens (tertiary/aromatic N) is 3. The third-order valence-electron chi connectivity index (χ3n) is 3.05. The fourth-order valence-electron chi connectivity index (χ4n) is 2.18. The van der Waals surface area contributed by atoms with Crippen LogP contribution in [0.5, 0.6) is 5.75 Å². The molecule has 3 rings (SSSR count). The van der Waals surface area contributed by atoms with Gasteiger partial charge in [0.25, 0.3) is 0 Å². The van der Waals surface area contributed by atoms with Gasteiger partial charge >= 0.3 is 0 Å². The van der Waals surface area contributed by atoms with Crippen LogP contribution in [0.15, 0.2) is 42.7 Å². The summed E-state index contributed by atoms with van der Waals surface area (Å²) >= 11 is 0. The highest BCUT2D eigenvalue weighted by Gasteiger charge is 2.13. The third-order valence-corrected chi connectivity index (χ3v) is 3.05. The first-order valence-corrected chi connectivity index (χ1v) is 6.53. The van der Waals surface area contributed by atoms with E-state index in [0.29, 0.717) is 16.9 Å². The zero-order valence-electron chi connectivity index (χ0n) is 11.7. The normalized spacial score (nSPS) is 10.7. The Labute approximate surface area is 129 Å².